The second-order valence-corrected chi connectivity index (χ2v) is 4.12. The van der Waals surface area contributed by atoms with E-state index in [4.69, 9.17) is 11.6 Å². The maximum Gasteiger partial charge on any atom is 0.213 e. The minimum absolute atomic E-state index is 0.485. The second-order valence-electron chi connectivity index (χ2n) is 4.12. The number of guanidine groups is 1. The molecule has 0 aromatic carbocycles. The minimum Gasteiger partial charge on any atom is -0.368 e. The Labute approximate surface area is 84.7 Å². The van der Waals surface area contributed by atoms with Crippen molar-refractivity contribution in [3.8, 4) is 0 Å². The Balaban J connectivity index is 2.01. The van der Waals surface area contributed by atoms with E-state index >= 15 is 0 Å². The van der Waals surface area contributed by atoms with Gasteiger partial charge in [-0.25, -0.2) is 0 Å². The molecule has 1 unspecified atom stereocenters. The highest BCUT2D eigenvalue weighted by atomic mass is 15.3. The number of hydrogen-bond acceptors (Lipinski definition) is 3. The molecule has 4 N–H and O–H groups in total. The van der Waals surface area contributed by atoms with Crippen molar-refractivity contribution in [2.75, 3.05) is 26.2 Å². The quantitative estimate of drug-likeness (QED) is 0.234. The lowest BCUT2D eigenvalue weighted by Crippen LogP contribution is -2.43. The highest BCUT2D eigenvalue weighted by Crippen LogP contribution is 2.20. The summed E-state index contributed by atoms with van der Waals surface area (Å²) < 4.78 is 0. The maximum absolute atomic E-state index is 5.73. The predicted molar refractivity (Wildman–Crippen MR) is 56.6 cm³/mol. The zero-order valence-electron chi connectivity index (χ0n) is 8.52. The molecule has 5 nitrogen and oxygen atoms in total. The minimum atomic E-state index is 0.485. The summed E-state index contributed by atoms with van der Waals surface area (Å²) in [6.45, 7) is 4.42. The molecular weight excluding hydrogens is 178 g/mol. The van der Waals surface area contributed by atoms with E-state index in [1.165, 1.54) is 25.9 Å². The van der Waals surface area contributed by atoms with Crippen LogP contribution in [0.2, 0.25) is 0 Å². The number of fused-ring (bicyclic) bond motifs is 1. The lowest BCUT2D eigenvalue weighted by atomic mass is 10.2. The van der Waals surface area contributed by atoms with Crippen LogP contribution in [-0.4, -0.2) is 48.0 Å². The molecule has 0 bridgehead atoms. The van der Waals surface area contributed by atoms with E-state index < -0.39 is 0 Å². The summed E-state index contributed by atoms with van der Waals surface area (Å²) in [5.41, 5.74) is 5.73. The number of rotatable bonds is 0. The van der Waals surface area contributed by atoms with Crippen LogP contribution in [0.25, 0.3) is 0 Å². The summed E-state index contributed by atoms with van der Waals surface area (Å²) >= 11 is 0. The van der Waals surface area contributed by atoms with Gasteiger partial charge in [-0.1, -0.05) is 0 Å². The third-order valence-corrected chi connectivity index (χ3v) is 3.26. The van der Waals surface area contributed by atoms with Gasteiger partial charge in [0.25, 0.3) is 0 Å². The van der Waals surface area contributed by atoms with Crippen molar-refractivity contribution in [3.63, 3.8) is 0 Å². The van der Waals surface area contributed by atoms with Crippen LogP contribution >= 0.6 is 0 Å². The van der Waals surface area contributed by atoms with Crippen LogP contribution in [0.3, 0.4) is 0 Å². The van der Waals surface area contributed by atoms with Crippen LogP contribution in [0.1, 0.15) is 19.3 Å². The van der Waals surface area contributed by atoms with Crippen molar-refractivity contribution in [2.24, 2.45) is 16.7 Å². The third kappa shape index (κ3) is 1.77. The normalized spacial score (nSPS) is 30.1. The first-order chi connectivity index (χ1) is 6.81. The molecule has 0 aliphatic carbocycles. The smallest absolute Gasteiger partial charge is 0.213 e. The van der Waals surface area contributed by atoms with Gasteiger partial charge in [0.1, 0.15) is 0 Å². The van der Waals surface area contributed by atoms with Crippen molar-refractivity contribution in [2.45, 2.75) is 25.3 Å². The van der Waals surface area contributed by atoms with Crippen LogP contribution in [0.4, 0.5) is 0 Å². The SMILES string of the molecule is NN=C(N)N1CCCN2CCCC2C1. The van der Waals surface area contributed by atoms with Gasteiger partial charge < -0.3 is 16.5 Å². The molecule has 0 amide bonds. The molecule has 14 heavy (non-hydrogen) atoms. The van der Waals surface area contributed by atoms with E-state index in [-0.39, 0.29) is 0 Å². The summed E-state index contributed by atoms with van der Waals surface area (Å²) in [5, 5.41) is 3.57. The second kappa shape index (κ2) is 4.04. The van der Waals surface area contributed by atoms with Crippen LogP contribution < -0.4 is 11.6 Å². The van der Waals surface area contributed by atoms with Crippen molar-refractivity contribution < 1.29 is 0 Å². The Morgan fingerprint density at radius 1 is 1.21 bits per heavy atom. The number of nitrogens with two attached hydrogens (primary N) is 2. The zero-order valence-corrected chi connectivity index (χ0v) is 8.52. The molecule has 2 fully saturated rings. The first kappa shape index (κ1) is 9.58. The molecule has 2 heterocycles. The summed E-state index contributed by atoms with van der Waals surface area (Å²) in [7, 11) is 0. The lowest BCUT2D eigenvalue weighted by molar-refractivity contribution is 0.255. The van der Waals surface area contributed by atoms with Crippen molar-refractivity contribution in [1.82, 2.24) is 9.80 Å². The first-order valence-corrected chi connectivity index (χ1v) is 5.33. The molecule has 5 heteroatoms. The molecule has 2 saturated heterocycles. The van der Waals surface area contributed by atoms with Crippen LogP contribution in [0.5, 0.6) is 0 Å². The van der Waals surface area contributed by atoms with Crippen LogP contribution in [0.15, 0.2) is 5.10 Å². The molecule has 1 atom stereocenters. The van der Waals surface area contributed by atoms with Gasteiger partial charge in [0.15, 0.2) is 0 Å². The molecule has 2 rings (SSSR count). The molecule has 2 aliphatic rings. The Hall–Kier alpha value is -0.970. The maximum atomic E-state index is 5.73. The first-order valence-electron chi connectivity index (χ1n) is 5.33. The van der Waals surface area contributed by atoms with Gasteiger partial charge in [-0.05, 0) is 25.8 Å². The molecule has 0 spiro atoms. The Morgan fingerprint density at radius 3 is 2.79 bits per heavy atom. The van der Waals surface area contributed by atoms with Gasteiger partial charge >= 0.3 is 0 Å². The van der Waals surface area contributed by atoms with Crippen LogP contribution in [-0.2, 0) is 0 Å². The van der Waals surface area contributed by atoms with Crippen molar-refractivity contribution in [1.29, 1.82) is 0 Å². The van der Waals surface area contributed by atoms with Gasteiger partial charge in [0.2, 0.25) is 5.96 Å². The predicted octanol–water partition coefficient (Wildman–Crippen LogP) is -0.655. The van der Waals surface area contributed by atoms with Gasteiger partial charge in [-0.2, -0.15) is 0 Å². The molecule has 0 aromatic heterocycles. The highest BCUT2D eigenvalue weighted by Gasteiger charge is 2.29. The Kier molecular flexibility index (Phi) is 2.77. The average Bonchev–Trinajstić information content (AvgIpc) is 2.54. The van der Waals surface area contributed by atoms with Crippen molar-refractivity contribution in [3.05, 3.63) is 0 Å². The number of nitrogens with zero attached hydrogens (tertiary/aromatic N) is 3. The molecule has 0 saturated carbocycles. The summed E-state index contributed by atoms with van der Waals surface area (Å²) in [6, 6.07) is 0.665. The van der Waals surface area contributed by atoms with E-state index in [0.717, 1.165) is 19.5 Å². The van der Waals surface area contributed by atoms with Crippen LogP contribution in [0, 0.1) is 0 Å². The average molecular weight is 197 g/mol. The zero-order chi connectivity index (χ0) is 9.97. The summed E-state index contributed by atoms with van der Waals surface area (Å²) in [5.74, 6) is 5.68. The highest BCUT2D eigenvalue weighted by molar-refractivity contribution is 5.77. The Bertz CT molecular complexity index is 227. The topological polar surface area (TPSA) is 70.9 Å². The van der Waals surface area contributed by atoms with Gasteiger partial charge in [0, 0.05) is 25.7 Å². The van der Waals surface area contributed by atoms with Crippen molar-refractivity contribution >= 4 is 5.96 Å². The van der Waals surface area contributed by atoms with E-state index in [1.807, 2.05) is 0 Å². The van der Waals surface area contributed by atoms with E-state index in [0.29, 0.717) is 12.0 Å². The number of hydrazone groups is 1. The van der Waals surface area contributed by atoms with Gasteiger partial charge in [-0.15, -0.1) is 5.10 Å². The fourth-order valence-electron chi connectivity index (χ4n) is 2.50. The largest absolute Gasteiger partial charge is 0.368 e. The third-order valence-electron chi connectivity index (χ3n) is 3.26. The molecule has 0 aromatic rings. The van der Waals surface area contributed by atoms with E-state index in [2.05, 4.69) is 14.9 Å². The van der Waals surface area contributed by atoms with E-state index in [1.54, 1.807) is 0 Å². The molecule has 80 valence electrons. The van der Waals surface area contributed by atoms with Gasteiger partial charge in [-0.3, -0.25) is 4.90 Å². The standard InChI is InChI=1S/C9H19N5/c10-9(12-11)14-6-2-5-13-4-1-3-8(13)7-14/h8H,1-7,11H2,(H2,10,12). The fraction of sp³-hybridized carbons (Fsp3) is 0.889. The fourth-order valence-corrected chi connectivity index (χ4v) is 2.50. The molecule has 0 radical (unpaired) electrons. The molecule has 2 aliphatic heterocycles. The van der Waals surface area contributed by atoms with E-state index in [9.17, 15) is 0 Å². The molecular formula is C9H19N5. The monoisotopic (exact) mass is 197 g/mol. The Morgan fingerprint density at radius 2 is 2.00 bits per heavy atom. The summed E-state index contributed by atoms with van der Waals surface area (Å²) in [4.78, 5) is 4.67. The summed E-state index contributed by atoms with van der Waals surface area (Å²) in [6.07, 6.45) is 3.76. The lowest BCUT2D eigenvalue weighted by Gasteiger charge is -2.25. The van der Waals surface area contributed by atoms with Gasteiger partial charge in [0.05, 0.1) is 0 Å². The number of hydrogen-bond donors (Lipinski definition) is 2.